The summed E-state index contributed by atoms with van der Waals surface area (Å²) in [6.07, 6.45) is -4.24. The highest BCUT2D eigenvalue weighted by atomic mass is 19.4. The van der Waals surface area contributed by atoms with Gasteiger partial charge in [-0.3, -0.25) is 0 Å². The van der Waals surface area contributed by atoms with E-state index in [9.17, 15) is 18.3 Å². The molecule has 0 radical (unpaired) electrons. The summed E-state index contributed by atoms with van der Waals surface area (Å²) in [5.41, 5.74) is -0.873. The second-order valence-electron chi connectivity index (χ2n) is 5.52. The molecule has 3 nitrogen and oxygen atoms in total. The van der Waals surface area contributed by atoms with Crippen LogP contribution in [0.15, 0.2) is 0 Å². The van der Waals surface area contributed by atoms with Crippen molar-refractivity contribution >= 4 is 0 Å². The van der Waals surface area contributed by atoms with Crippen LogP contribution in [-0.2, 0) is 0 Å². The molecule has 0 aliphatic rings. The lowest BCUT2D eigenvalue weighted by Gasteiger charge is -2.28. The summed E-state index contributed by atoms with van der Waals surface area (Å²) in [7, 11) is 3.72. The topological polar surface area (TPSA) is 35.5 Å². The Morgan fingerprint density at radius 2 is 1.83 bits per heavy atom. The lowest BCUT2D eigenvalue weighted by molar-refractivity contribution is -0.135. The smallest absolute Gasteiger partial charge is 0.388 e. The molecule has 18 heavy (non-hydrogen) atoms. The number of alkyl halides is 3. The molecule has 0 rings (SSSR count). The van der Waals surface area contributed by atoms with Crippen LogP contribution in [0, 0.1) is 0 Å². The molecule has 110 valence electrons. The van der Waals surface area contributed by atoms with Crippen LogP contribution in [0.4, 0.5) is 13.2 Å². The molecular formula is C12H25F3N2O. The molecule has 0 aliphatic carbocycles. The molecule has 0 aromatic heterocycles. The minimum absolute atomic E-state index is 0.0269. The Hall–Kier alpha value is -0.330. The van der Waals surface area contributed by atoms with E-state index in [4.69, 9.17) is 0 Å². The average Bonchev–Trinajstić information content (AvgIpc) is 2.10. The first-order valence-corrected chi connectivity index (χ1v) is 6.19. The Morgan fingerprint density at radius 3 is 2.28 bits per heavy atom. The fraction of sp³-hybridized carbons (Fsp3) is 1.00. The van der Waals surface area contributed by atoms with Crippen LogP contribution in [0.3, 0.4) is 0 Å². The molecule has 0 heterocycles. The molecule has 0 saturated heterocycles. The van der Waals surface area contributed by atoms with Gasteiger partial charge in [0.25, 0.3) is 0 Å². The third-order valence-electron chi connectivity index (χ3n) is 2.59. The van der Waals surface area contributed by atoms with E-state index in [-0.39, 0.29) is 12.5 Å². The third kappa shape index (κ3) is 10.8. The van der Waals surface area contributed by atoms with Crippen molar-refractivity contribution in [3.8, 4) is 0 Å². The molecule has 0 fully saturated rings. The zero-order chi connectivity index (χ0) is 14.4. The first-order valence-electron chi connectivity index (χ1n) is 6.19. The number of rotatable bonds is 8. The van der Waals surface area contributed by atoms with Gasteiger partial charge in [0.15, 0.2) is 0 Å². The number of nitrogens with zero attached hydrogens (tertiary/aromatic N) is 1. The van der Waals surface area contributed by atoms with Crippen molar-refractivity contribution in [2.75, 3.05) is 27.2 Å². The Labute approximate surface area is 107 Å². The summed E-state index contributed by atoms with van der Waals surface area (Å²) in [5, 5.41) is 13.1. The number of likely N-dealkylation sites (N-methyl/N-ethyl adjacent to an activating group) is 1. The van der Waals surface area contributed by atoms with E-state index >= 15 is 0 Å². The summed E-state index contributed by atoms with van der Waals surface area (Å²) >= 11 is 0. The van der Waals surface area contributed by atoms with Gasteiger partial charge in [0, 0.05) is 25.6 Å². The van der Waals surface area contributed by atoms with E-state index in [1.165, 1.54) is 0 Å². The molecule has 0 spiro atoms. The maximum absolute atomic E-state index is 12.0. The fourth-order valence-electron chi connectivity index (χ4n) is 1.84. The number of hydrogen-bond acceptors (Lipinski definition) is 3. The molecule has 2 N–H and O–H groups in total. The van der Waals surface area contributed by atoms with Crippen molar-refractivity contribution < 1.29 is 18.3 Å². The van der Waals surface area contributed by atoms with Gasteiger partial charge in [-0.05, 0) is 40.8 Å². The second kappa shape index (κ2) is 7.31. The van der Waals surface area contributed by atoms with E-state index < -0.39 is 18.2 Å². The van der Waals surface area contributed by atoms with Crippen LogP contribution < -0.4 is 5.32 Å². The zero-order valence-corrected chi connectivity index (χ0v) is 11.6. The van der Waals surface area contributed by atoms with E-state index in [0.29, 0.717) is 19.5 Å². The van der Waals surface area contributed by atoms with Crippen molar-refractivity contribution in [3.05, 3.63) is 0 Å². The highest BCUT2D eigenvalue weighted by molar-refractivity contribution is 4.79. The third-order valence-corrected chi connectivity index (χ3v) is 2.59. The van der Waals surface area contributed by atoms with Crippen molar-refractivity contribution in [1.29, 1.82) is 0 Å². The van der Waals surface area contributed by atoms with Crippen LogP contribution in [0.5, 0.6) is 0 Å². The highest BCUT2D eigenvalue weighted by Crippen LogP contribution is 2.22. The van der Waals surface area contributed by atoms with Crippen molar-refractivity contribution in [3.63, 3.8) is 0 Å². The molecule has 0 amide bonds. The van der Waals surface area contributed by atoms with Gasteiger partial charge in [-0.25, -0.2) is 0 Å². The second-order valence-corrected chi connectivity index (χ2v) is 5.52. The summed E-state index contributed by atoms with van der Waals surface area (Å²) in [4.78, 5) is 1.87. The Kier molecular flexibility index (Phi) is 7.17. The largest absolute Gasteiger partial charge is 0.389 e. The lowest BCUT2D eigenvalue weighted by Crippen LogP contribution is -2.47. The van der Waals surface area contributed by atoms with Crippen molar-refractivity contribution in [2.24, 2.45) is 0 Å². The van der Waals surface area contributed by atoms with Crippen LogP contribution in [0.2, 0.25) is 0 Å². The normalized spacial score (nSPS) is 17.8. The molecule has 2 unspecified atom stereocenters. The first-order chi connectivity index (χ1) is 8.02. The van der Waals surface area contributed by atoms with E-state index in [2.05, 4.69) is 5.32 Å². The Morgan fingerprint density at radius 1 is 1.28 bits per heavy atom. The molecule has 0 saturated carbocycles. The number of nitrogens with one attached hydrogen (secondary N) is 1. The van der Waals surface area contributed by atoms with Gasteiger partial charge in [0.2, 0.25) is 0 Å². The van der Waals surface area contributed by atoms with E-state index in [1.54, 1.807) is 6.92 Å². The minimum Gasteiger partial charge on any atom is -0.388 e. The van der Waals surface area contributed by atoms with Crippen molar-refractivity contribution in [2.45, 2.75) is 50.9 Å². The van der Waals surface area contributed by atoms with Gasteiger partial charge in [-0.15, -0.1) is 0 Å². The van der Waals surface area contributed by atoms with Gasteiger partial charge in [0.1, 0.15) is 0 Å². The lowest BCUT2D eigenvalue weighted by atomic mass is 10.1. The standard InChI is InChI=1S/C12H25F3N2O/c1-10(6-5-7-12(13,14)15)16-8-11(2,18)9-17(3)4/h10,16,18H,5-9H2,1-4H3. The summed E-state index contributed by atoms with van der Waals surface area (Å²) in [6, 6.07) is -0.0269. The van der Waals surface area contributed by atoms with Gasteiger partial charge in [-0.1, -0.05) is 0 Å². The first kappa shape index (κ1) is 17.7. The van der Waals surface area contributed by atoms with Gasteiger partial charge >= 0.3 is 6.18 Å². The molecule has 6 heteroatoms. The minimum atomic E-state index is -4.07. The van der Waals surface area contributed by atoms with E-state index in [1.807, 2.05) is 25.9 Å². The number of aliphatic hydroxyl groups is 1. The zero-order valence-electron chi connectivity index (χ0n) is 11.6. The Balaban J connectivity index is 3.79. The average molecular weight is 270 g/mol. The van der Waals surface area contributed by atoms with Gasteiger partial charge in [-0.2, -0.15) is 13.2 Å². The van der Waals surface area contributed by atoms with Crippen LogP contribution in [-0.4, -0.2) is 55.0 Å². The van der Waals surface area contributed by atoms with Crippen LogP contribution in [0.1, 0.15) is 33.1 Å². The summed E-state index contributed by atoms with van der Waals surface area (Å²) in [5.74, 6) is 0. The monoisotopic (exact) mass is 270 g/mol. The molecule has 0 aromatic carbocycles. The van der Waals surface area contributed by atoms with Crippen LogP contribution >= 0.6 is 0 Å². The van der Waals surface area contributed by atoms with Crippen molar-refractivity contribution in [1.82, 2.24) is 10.2 Å². The summed E-state index contributed by atoms with van der Waals surface area (Å²) < 4.78 is 35.9. The number of halogens is 3. The quantitative estimate of drug-likeness (QED) is 0.708. The predicted molar refractivity (Wildman–Crippen MR) is 66.5 cm³/mol. The number of hydrogen-bond donors (Lipinski definition) is 2. The molecule has 0 bridgehead atoms. The predicted octanol–water partition coefficient (Wildman–Crippen LogP) is 2.01. The Bertz CT molecular complexity index is 230. The highest BCUT2D eigenvalue weighted by Gasteiger charge is 2.26. The molecule has 0 aromatic rings. The molecular weight excluding hydrogens is 245 g/mol. The summed E-state index contributed by atoms with van der Waals surface area (Å²) in [6.45, 7) is 4.43. The molecule has 0 aliphatic heterocycles. The maximum Gasteiger partial charge on any atom is 0.389 e. The SMILES string of the molecule is CC(CCCC(F)(F)F)NCC(C)(O)CN(C)C. The molecule has 2 atom stereocenters. The van der Waals surface area contributed by atoms with Gasteiger partial charge < -0.3 is 15.3 Å². The maximum atomic E-state index is 12.0. The van der Waals surface area contributed by atoms with Gasteiger partial charge in [0.05, 0.1) is 5.60 Å². The van der Waals surface area contributed by atoms with Crippen LogP contribution in [0.25, 0.3) is 0 Å². The fourth-order valence-corrected chi connectivity index (χ4v) is 1.84. The van der Waals surface area contributed by atoms with E-state index in [0.717, 1.165) is 0 Å².